The number of amides is 2. The van der Waals surface area contributed by atoms with Gasteiger partial charge in [-0.15, -0.1) is 0 Å². The molecule has 0 unspecified atom stereocenters. The number of hydrogen-bond donors (Lipinski definition) is 1. The Labute approximate surface area is 253 Å². The number of rotatable bonds is 12. The maximum atomic E-state index is 14.0. The van der Waals surface area contributed by atoms with Crippen molar-refractivity contribution in [2.24, 2.45) is 0 Å². The molecule has 0 aliphatic heterocycles. The summed E-state index contributed by atoms with van der Waals surface area (Å²) < 4.78 is 83.2. The molecule has 3 aromatic carbocycles. The van der Waals surface area contributed by atoms with Crippen LogP contribution in [0.5, 0.6) is 0 Å². The number of hydrogen-bond acceptors (Lipinski definition) is 4. The Bertz CT molecular complexity index is 1530. The summed E-state index contributed by atoms with van der Waals surface area (Å²) in [5.41, 5.74) is -0.537. The highest BCUT2D eigenvalue weighted by molar-refractivity contribution is 7.92. The van der Waals surface area contributed by atoms with Crippen LogP contribution in [0.25, 0.3) is 0 Å². The number of aryl methyl sites for hydroxylation is 1. The quantitative estimate of drug-likeness (QED) is 0.234. The van der Waals surface area contributed by atoms with Crippen molar-refractivity contribution in [2.45, 2.75) is 57.3 Å². The molecule has 3 aromatic rings. The first kappa shape index (κ1) is 33.9. The van der Waals surface area contributed by atoms with E-state index < -0.39 is 62.7 Å². The molecule has 43 heavy (non-hydrogen) atoms. The summed E-state index contributed by atoms with van der Waals surface area (Å²) in [5.74, 6) is -1.87. The van der Waals surface area contributed by atoms with Crippen molar-refractivity contribution in [3.8, 4) is 0 Å². The second kappa shape index (κ2) is 14.2. The minimum absolute atomic E-state index is 0.145. The van der Waals surface area contributed by atoms with Gasteiger partial charge in [0.15, 0.2) is 0 Å². The molecule has 7 nitrogen and oxygen atoms in total. The lowest BCUT2D eigenvalue weighted by molar-refractivity contribution is -0.140. The zero-order chi connectivity index (χ0) is 31.9. The number of carbonyl (C=O) groups excluding carboxylic acids is 2. The van der Waals surface area contributed by atoms with Crippen LogP contribution in [0, 0.1) is 12.7 Å². The van der Waals surface area contributed by atoms with Crippen LogP contribution in [0.15, 0.2) is 71.6 Å². The van der Waals surface area contributed by atoms with Gasteiger partial charge in [0.25, 0.3) is 10.0 Å². The van der Waals surface area contributed by atoms with Gasteiger partial charge in [0.1, 0.15) is 18.4 Å². The van der Waals surface area contributed by atoms with Crippen molar-refractivity contribution in [2.75, 3.05) is 17.4 Å². The molecule has 232 valence electrons. The van der Waals surface area contributed by atoms with Crippen molar-refractivity contribution < 1.29 is 35.6 Å². The molecule has 0 saturated carbocycles. The summed E-state index contributed by atoms with van der Waals surface area (Å²) in [5, 5.41) is 2.08. The van der Waals surface area contributed by atoms with E-state index >= 15 is 0 Å². The molecule has 2 amide bonds. The second-order valence-electron chi connectivity index (χ2n) is 9.85. The highest BCUT2D eigenvalue weighted by atomic mass is 35.5. The molecule has 0 aromatic heterocycles. The Hall–Kier alpha value is -3.64. The molecule has 0 aliphatic rings. The topological polar surface area (TPSA) is 86.8 Å². The Morgan fingerprint density at radius 2 is 1.60 bits per heavy atom. The van der Waals surface area contributed by atoms with Gasteiger partial charge in [0, 0.05) is 13.1 Å². The summed E-state index contributed by atoms with van der Waals surface area (Å²) in [4.78, 5) is 28.0. The Morgan fingerprint density at radius 1 is 0.977 bits per heavy atom. The third-order valence-corrected chi connectivity index (χ3v) is 8.75. The molecule has 0 bridgehead atoms. The molecule has 0 saturated heterocycles. The molecular weight excluding hydrogens is 610 g/mol. The van der Waals surface area contributed by atoms with Gasteiger partial charge in [-0.25, -0.2) is 12.8 Å². The zero-order valence-electron chi connectivity index (χ0n) is 23.8. The predicted octanol–water partition coefficient (Wildman–Crippen LogP) is 6.34. The molecule has 0 heterocycles. The standard InChI is InChI=1S/C30H32ClF4N3O4S/c1-4-16-36-29(40)27(5-2)37(18-21-8-10-22(32)11-9-21)28(39)19-38(43(41,42)24-13-6-20(3)7-14-24)23-12-15-26(31)25(17-23)30(33,34)35/h6-15,17,27H,4-5,16,18-19H2,1-3H3,(H,36,40)/t27-/m1/s1. The van der Waals surface area contributed by atoms with Gasteiger partial charge >= 0.3 is 6.18 Å². The van der Waals surface area contributed by atoms with E-state index in [2.05, 4.69) is 5.32 Å². The monoisotopic (exact) mass is 641 g/mol. The van der Waals surface area contributed by atoms with Gasteiger partial charge in [-0.3, -0.25) is 13.9 Å². The van der Waals surface area contributed by atoms with E-state index in [1.807, 2.05) is 6.92 Å². The first-order valence-electron chi connectivity index (χ1n) is 13.5. The smallest absolute Gasteiger partial charge is 0.354 e. The Morgan fingerprint density at radius 3 is 2.16 bits per heavy atom. The van der Waals surface area contributed by atoms with Gasteiger partial charge in [0.05, 0.1) is 21.2 Å². The molecular formula is C30H32ClF4N3O4S. The molecule has 13 heteroatoms. The third-order valence-electron chi connectivity index (χ3n) is 6.63. The van der Waals surface area contributed by atoms with Gasteiger partial charge in [-0.1, -0.05) is 55.3 Å². The first-order valence-corrected chi connectivity index (χ1v) is 15.3. The fraction of sp³-hybridized carbons (Fsp3) is 0.333. The average molecular weight is 642 g/mol. The van der Waals surface area contributed by atoms with Gasteiger partial charge in [-0.2, -0.15) is 13.2 Å². The van der Waals surface area contributed by atoms with Crippen molar-refractivity contribution in [3.05, 3.63) is 94.3 Å². The molecule has 0 aliphatic carbocycles. The van der Waals surface area contributed by atoms with E-state index in [1.165, 1.54) is 48.5 Å². The van der Waals surface area contributed by atoms with Crippen LogP contribution in [0.3, 0.4) is 0 Å². The maximum Gasteiger partial charge on any atom is 0.417 e. The maximum absolute atomic E-state index is 14.0. The zero-order valence-corrected chi connectivity index (χ0v) is 25.4. The minimum Gasteiger partial charge on any atom is -0.354 e. The molecule has 1 N–H and O–H groups in total. The summed E-state index contributed by atoms with van der Waals surface area (Å²) >= 11 is 5.79. The number of alkyl halides is 3. The fourth-order valence-electron chi connectivity index (χ4n) is 4.32. The number of anilines is 1. The third kappa shape index (κ3) is 8.47. The second-order valence-corrected chi connectivity index (χ2v) is 12.1. The van der Waals surface area contributed by atoms with Crippen LogP contribution >= 0.6 is 11.6 Å². The lowest BCUT2D eigenvalue weighted by Crippen LogP contribution is -2.52. The summed E-state index contributed by atoms with van der Waals surface area (Å²) in [7, 11) is -4.59. The number of nitrogens with one attached hydrogen (secondary N) is 1. The fourth-order valence-corrected chi connectivity index (χ4v) is 5.95. The van der Waals surface area contributed by atoms with Crippen LogP contribution in [-0.4, -0.2) is 44.3 Å². The van der Waals surface area contributed by atoms with Crippen LogP contribution < -0.4 is 9.62 Å². The van der Waals surface area contributed by atoms with E-state index in [4.69, 9.17) is 11.6 Å². The molecule has 0 spiro atoms. The number of sulfonamides is 1. The summed E-state index contributed by atoms with van der Waals surface area (Å²) in [6, 6.07) is 12.3. The average Bonchev–Trinajstić information content (AvgIpc) is 2.95. The molecule has 1 atom stereocenters. The van der Waals surface area contributed by atoms with Crippen LogP contribution in [0.1, 0.15) is 43.4 Å². The van der Waals surface area contributed by atoms with Crippen molar-refractivity contribution in [1.29, 1.82) is 0 Å². The molecule has 0 fully saturated rings. The highest BCUT2D eigenvalue weighted by Gasteiger charge is 2.37. The van der Waals surface area contributed by atoms with Crippen molar-refractivity contribution in [1.82, 2.24) is 10.2 Å². The molecule has 0 radical (unpaired) electrons. The SMILES string of the molecule is CCCNC(=O)[C@@H](CC)N(Cc1ccc(F)cc1)C(=O)CN(c1ccc(Cl)c(C(F)(F)F)c1)S(=O)(=O)c1ccc(C)cc1. The highest BCUT2D eigenvalue weighted by Crippen LogP contribution is 2.38. The van der Waals surface area contributed by atoms with Crippen LogP contribution in [0.2, 0.25) is 5.02 Å². The van der Waals surface area contributed by atoms with Gasteiger partial charge in [-0.05, 0) is 67.8 Å². The molecule has 3 rings (SSSR count). The number of nitrogens with zero attached hydrogens (tertiary/aromatic N) is 2. The number of carbonyl (C=O) groups is 2. The van der Waals surface area contributed by atoms with Crippen molar-refractivity contribution >= 4 is 39.1 Å². The van der Waals surface area contributed by atoms with Gasteiger partial charge in [0.2, 0.25) is 11.8 Å². The largest absolute Gasteiger partial charge is 0.417 e. The van der Waals surface area contributed by atoms with E-state index in [9.17, 15) is 35.6 Å². The lowest BCUT2D eigenvalue weighted by atomic mass is 10.1. The number of benzene rings is 3. The minimum atomic E-state index is -4.91. The van der Waals surface area contributed by atoms with Crippen molar-refractivity contribution in [3.63, 3.8) is 0 Å². The van der Waals surface area contributed by atoms with Crippen LogP contribution in [0.4, 0.5) is 23.2 Å². The van der Waals surface area contributed by atoms with E-state index in [0.29, 0.717) is 28.9 Å². The van der Waals surface area contributed by atoms with E-state index in [-0.39, 0.29) is 17.9 Å². The van der Waals surface area contributed by atoms with E-state index in [0.717, 1.165) is 22.6 Å². The summed E-state index contributed by atoms with van der Waals surface area (Å²) in [6.07, 6.45) is -4.14. The van der Waals surface area contributed by atoms with E-state index in [1.54, 1.807) is 13.8 Å². The lowest BCUT2D eigenvalue weighted by Gasteiger charge is -2.33. The Kier molecular flexibility index (Phi) is 11.2. The van der Waals surface area contributed by atoms with Crippen LogP contribution in [-0.2, 0) is 32.3 Å². The van der Waals surface area contributed by atoms with Gasteiger partial charge < -0.3 is 10.2 Å². The normalized spacial score (nSPS) is 12.5. The first-order chi connectivity index (χ1) is 20.2. The number of halogens is 5. The predicted molar refractivity (Wildman–Crippen MR) is 156 cm³/mol. The summed E-state index contributed by atoms with van der Waals surface area (Å²) in [6.45, 7) is 4.44. The Balaban J connectivity index is 2.14.